The Morgan fingerprint density at radius 2 is 1.55 bits per heavy atom. The van der Waals surface area contributed by atoms with Crippen molar-refractivity contribution in [1.82, 2.24) is 10.4 Å². The number of hydrogen-bond acceptors (Lipinski definition) is 5. The van der Waals surface area contributed by atoms with Crippen molar-refractivity contribution in [2.24, 2.45) is 0 Å². The Kier molecular flexibility index (Phi) is 6.94. The molecule has 0 atom stereocenters. The third-order valence-electron chi connectivity index (χ3n) is 4.90. The summed E-state index contributed by atoms with van der Waals surface area (Å²) < 4.78 is 0. The fraction of sp³-hybridized carbons (Fsp3) is 0.217. The molecule has 0 aromatic heterocycles. The summed E-state index contributed by atoms with van der Waals surface area (Å²) in [7, 11) is 2.12. The van der Waals surface area contributed by atoms with Crippen molar-refractivity contribution in [1.29, 1.82) is 0 Å². The molecule has 3 rings (SSSR count). The number of allylic oxidation sites excluding steroid dienone is 1. The fourth-order valence-corrected chi connectivity index (χ4v) is 3.12. The van der Waals surface area contributed by atoms with Crippen LogP contribution in [-0.2, 0) is 4.79 Å². The number of rotatable bonds is 6. The number of likely N-dealkylation sites (N-methyl/N-ethyl adjacent to an activating group) is 1. The molecule has 2 N–H and O–H groups in total. The summed E-state index contributed by atoms with van der Waals surface area (Å²) in [6.45, 7) is 3.97. The Balaban J connectivity index is 1.64. The lowest BCUT2D eigenvalue weighted by Crippen LogP contribution is -2.44. The number of amides is 1. The monoisotopic (exact) mass is 391 g/mol. The van der Waals surface area contributed by atoms with Gasteiger partial charge in [-0.25, -0.2) is 5.48 Å². The van der Waals surface area contributed by atoms with Crippen molar-refractivity contribution in [3.63, 3.8) is 0 Å². The molecule has 2 aromatic carbocycles. The molecular formula is C23H25N3O3. The Bertz CT molecular complexity index is 911. The molecule has 1 saturated heterocycles. The number of carbonyl (C=O) groups is 2. The molecule has 1 amide bonds. The number of carbonyl (C=O) groups excluding carboxylic acids is 2. The zero-order valence-electron chi connectivity index (χ0n) is 16.4. The maximum atomic E-state index is 12.6. The molecule has 0 aliphatic carbocycles. The van der Waals surface area contributed by atoms with Gasteiger partial charge in [-0.15, -0.1) is 0 Å². The molecule has 6 nitrogen and oxygen atoms in total. The third-order valence-corrected chi connectivity index (χ3v) is 4.90. The summed E-state index contributed by atoms with van der Waals surface area (Å²) >= 11 is 0. The lowest BCUT2D eigenvalue weighted by atomic mass is 10.1. The number of nitrogens with one attached hydrogen (secondary N) is 1. The highest BCUT2D eigenvalue weighted by Gasteiger charge is 2.15. The normalized spacial score (nSPS) is 15.2. The van der Waals surface area contributed by atoms with Crippen LogP contribution in [0.4, 0.5) is 5.69 Å². The van der Waals surface area contributed by atoms with Crippen molar-refractivity contribution in [3.8, 4) is 0 Å². The van der Waals surface area contributed by atoms with Gasteiger partial charge in [0, 0.05) is 43.5 Å². The van der Waals surface area contributed by atoms with Crippen LogP contribution in [0.2, 0.25) is 0 Å². The maximum absolute atomic E-state index is 12.6. The first-order valence-corrected chi connectivity index (χ1v) is 9.53. The standard InChI is InChI=1S/C23H25N3O3/c1-25-13-15-26(16-14-25)21-4-2-3-20(17-21)22(27)11-9-18-5-7-19(8-6-18)10-12-23(28)24-29/h2-12,17,29H,13-16H2,1H3,(H,24,28). The molecule has 0 radical (unpaired) electrons. The molecule has 150 valence electrons. The number of hydroxylamine groups is 1. The predicted molar refractivity (Wildman–Crippen MR) is 115 cm³/mol. The molecule has 2 aromatic rings. The van der Waals surface area contributed by atoms with E-state index in [1.54, 1.807) is 23.7 Å². The summed E-state index contributed by atoms with van der Waals surface area (Å²) in [4.78, 5) is 28.2. The lowest BCUT2D eigenvalue weighted by molar-refractivity contribution is -0.124. The van der Waals surface area contributed by atoms with Crippen molar-refractivity contribution in [2.45, 2.75) is 0 Å². The molecular weight excluding hydrogens is 366 g/mol. The minimum absolute atomic E-state index is 0.0374. The van der Waals surface area contributed by atoms with Crippen LogP contribution in [0.15, 0.2) is 60.7 Å². The lowest BCUT2D eigenvalue weighted by Gasteiger charge is -2.34. The molecule has 0 unspecified atom stereocenters. The van der Waals surface area contributed by atoms with E-state index in [1.807, 2.05) is 42.5 Å². The van der Waals surface area contributed by atoms with Crippen LogP contribution in [0.3, 0.4) is 0 Å². The number of anilines is 1. The largest absolute Gasteiger partial charge is 0.369 e. The van der Waals surface area contributed by atoms with E-state index in [0.29, 0.717) is 5.56 Å². The summed E-state index contributed by atoms with van der Waals surface area (Å²) in [6, 6.07) is 15.2. The third kappa shape index (κ3) is 5.88. The second kappa shape index (κ2) is 9.82. The van der Waals surface area contributed by atoms with E-state index in [0.717, 1.165) is 43.0 Å². The first-order valence-electron chi connectivity index (χ1n) is 9.53. The quantitative estimate of drug-likeness (QED) is 0.343. The van der Waals surface area contributed by atoms with Gasteiger partial charge in [0.2, 0.25) is 0 Å². The molecule has 1 fully saturated rings. The fourth-order valence-electron chi connectivity index (χ4n) is 3.12. The molecule has 1 heterocycles. The van der Waals surface area contributed by atoms with Gasteiger partial charge < -0.3 is 9.80 Å². The summed E-state index contributed by atoms with van der Waals surface area (Å²) in [5.74, 6) is -0.622. The van der Waals surface area contributed by atoms with Gasteiger partial charge in [0.25, 0.3) is 5.91 Å². The second-order valence-corrected chi connectivity index (χ2v) is 7.01. The van der Waals surface area contributed by atoms with Crippen LogP contribution in [0.5, 0.6) is 0 Å². The zero-order chi connectivity index (χ0) is 20.6. The number of nitrogens with zero attached hydrogens (tertiary/aromatic N) is 2. The molecule has 0 bridgehead atoms. The summed E-state index contributed by atoms with van der Waals surface area (Å²) in [5.41, 5.74) is 5.00. The zero-order valence-corrected chi connectivity index (χ0v) is 16.4. The highest BCUT2D eigenvalue weighted by molar-refractivity contribution is 6.07. The molecule has 6 heteroatoms. The Morgan fingerprint density at radius 3 is 2.17 bits per heavy atom. The van der Waals surface area contributed by atoms with Gasteiger partial charge in [0.05, 0.1) is 0 Å². The van der Waals surface area contributed by atoms with E-state index in [9.17, 15) is 9.59 Å². The van der Waals surface area contributed by atoms with Crippen molar-refractivity contribution in [3.05, 3.63) is 77.4 Å². The first-order chi connectivity index (χ1) is 14.0. The summed E-state index contributed by atoms with van der Waals surface area (Å²) in [6.07, 6.45) is 6.18. The molecule has 0 spiro atoms. The van der Waals surface area contributed by atoms with Crippen LogP contribution in [-0.4, -0.2) is 55.0 Å². The molecule has 0 saturated carbocycles. The first kappa shape index (κ1) is 20.5. The van der Waals surface area contributed by atoms with Gasteiger partial charge in [0.1, 0.15) is 0 Å². The minimum atomic E-state index is -0.585. The molecule has 1 aliphatic heterocycles. The number of benzene rings is 2. The van der Waals surface area contributed by atoms with Gasteiger partial charge in [-0.05, 0) is 42.5 Å². The van der Waals surface area contributed by atoms with E-state index in [2.05, 4.69) is 22.9 Å². The van der Waals surface area contributed by atoms with Crippen molar-refractivity contribution >= 4 is 29.5 Å². The molecule has 29 heavy (non-hydrogen) atoms. The Hall–Kier alpha value is -3.22. The van der Waals surface area contributed by atoms with Gasteiger partial charge in [-0.1, -0.05) is 42.5 Å². The smallest absolute Gasteiger partial charge is 0.267 e. The highest BCUT2D eigenvalue weighted by atomic mass is 16.5. The molecule has 1 aliphatic rings. The van der Waals surface area contributed by atoms with E-state index >= 15 is 0 Å². The van der Waals surface area contributed by atoms with E-state index < -0.39 is 5.91 Å². The average Bonchev–Trinajstić information content (AvgIpc) is 2.77. The van der Waals surface area contributed by atoms with Crippen LogP contribution in [0.1, 0.15) is 21.5 Å². The highest BCUT2D eigenvalue weighted by Crippen LogP contribution is 2.19. The van der Waals surface area contributed by atoms with Gasteiger partial charge in [0.15, 0.2) is 5.78 Å². The Labute approximate surface area is 170 Å². The van der Waals surface area contributed by atoms with Gasteiger partial charge >= 0.3 is 0 Å². The van der Waals surface area contributed by atoms with E-state index in [4.69, 9.17) is 5.21 Å². The van der Waals surface area contributed by atoms with Crippen LogP contribution < -0.4 is 10.4 Å². The summed E-state index contributed by atoms with van der Waals surface area (Å²) in [5, 5.41) is 8.48. The number of piperazine rings is 1. The van der Waals surface area contributed by atoms with Crippen molar-refractivity contribution in [2.75, 3.05) is 38.1 Å². The SMILES string of the molecule is CN1CCN(c2cccc(C(=O)C=Cc3ccc(C=CC(=O)NO)cc3)c2)CC1. The van der Waals surface area contributed by atoms with Crippen LogP contribution in [0.25, 0.3) is 12.2 Å². The number of ketones is 1. The topological polar surface area (TPSA) is 72.9 Å². The average molecular weight is 391 g/mol. The second-order valence-electron chi connectivity index (χ2n) is 7.01. The van der Waals surface area contributed by atoms with E-state index in [1.165, 1.54) is 6.08 Å². The van der Waals surface area contributed by atoms with Gasteiger partial charge in [-0.3, -0.25) is 14.8 Å². The van der Waals surface area contributed by atoms with Crippen LogP contribution >= 0.6 is 0 Å². The van der Waals surface area contributed by atoms with Crippen LogP contribution in [0, 0.1) is 0 Å². The van der Waals surface area contributed by atoms with Crippen molar-refractivity contribution < 1.29 is 14.8 Å². The minimum Gasteiger partial charge on any atom is -0.369 e. The number of hydrogen-bond donors (Lipinski definition) is 2. The Morgan fingerprint density at radius 1 is 0.931 bits per heavy atom. The van der Waals surface area contributed by atoms with E-state index in [-0.39, 0.29) is 5.78 Å². The maximum Gasteiger partial charge on any atom is 0.267 e. The van der Waals surface area contributed by atoms with Gasteiger partial charge in [-0.2, -0.15) is 0 Å². The predicted octanol–water partition coefficient (Wildman–Crippen LogP) is 2.85.